The highest BCUT2D eigenvalue weighted by atomic mass is 16.5. The summed E-state index contributed by atoms with van der Waals surface area (Å²) in [6, 6.07) is 23.9. The zero-order chi connectivity index (χ0) is 22.0. The van der Waals surface area contributed by atoms with Crippen LogP contribution in [-0.4, -0.2) is 20.0 Å². The van der Waals surface area contributed by atoms with Gasteiger partial charge in [0.05, 0.1) is 5.69 Å². The lowest BCUT2D eigenvalue weighted by molar-refractivity contribution is 0.298. The van der Waals surface area contributed by atoms with E-state index in [0.717, 1.165) is 36.9 Å². The quantitative estimate of drug-likeness (QED) is 0.344. The standard InChI is InChI=1S/C26H28N4O2/c31-26-25(32-20-21-11-4-1-5-12-21)16-10-18-30(26)17-9-3-8-15-23(24-19-27-29-28-24)22-13-6-2-7-14-22/h1-2,4-7,10-14,16,18-19,23H,3,8-9,15,17,20H2,(H,27,28,29). The Morgan fingerprint density at radius 3 is 2.44 bits per heavy atom. The maximum absolute atomic E-state index is 12.7. The summed E-state index contributed by atoms with van der Waals surface area (Å²) >= 11 is 0. The fourth-order valence-electron chi connectivity index (χ4n) is 3.89. The number of benzene rings is 2. The van der Waals surface area contributed by atoms with E-state index in [0.29, 0.717) is 18.9 Å². The molecule has 0 spiro atoms. The van der Waals surface area contributed by atoms with Crippen LogP contribution in [0.4, 0.5) is 0 Å². The summed E-state index contributed by atoms with van der Waals surface area (Å²) in [5.41, 5.74) is 3.19. The number of nitrogens with zero attached hydrogens (tertiary/aromatic N) is 3. The summed E-state index contributed by atoms with van der Waals surface area (Å²) in [7, 11) is 0. The maximum Gasteiger partial charge on any atom is 0.292 e. The van der Waals surface area contributed by atoms with Gasteiger partial charge in [-0.1, -0.05) is 78.7 Å². The summed E-state index contributed by atoms with van der Waals surface area (Å²) < 4.78 is 7.51. The molecule has 1 atom stereocenters. The number of rotatable bonds is 11. The summed E-state index contributed by atoms with van der Waals surface area (Å²) in [5, 5.41) is 10.9. The van der Waals surface area contributed by atoms with Gasteiger partial charge in [0.15, 0.2) is 5.75 Å². The highest BCUT2D eigenvalue weighted by molar-refractivity contribution is 5.26. The Labute approximate surface area is 187 Å². The van der Waals surface area contributed by atoms with E-state index in [1.807, 2.05) is 54.9 Å². The van der Waals surface area contributed by atoms with E-state index in [4.69, 9.17) is 4.74 Å². The third-order valence-electron chi connectivity index (χ3n) is 5.61. The minimum atomic E-state index is -0.0757. The average Bonchev–Trinajstić information content (AvgIpc) is 3.37. The minimum absolute atomic E-state index is 0.0757. The van der Waals surface area contributed by atoms with Crippen molar-refractivity contribution in [2.45, 2.75) is 44.8 Å². The van der Waals surface area contributed by atoms with E-state index >= 15 is 0 Å². The van der Waals surface area contributed by atoms with E-state index in [9.17, 15) is 4.79 Å². The molecule has 4 rings (SSSR count). The van der Waals surface area contributed by atoms with Crippen LogP contribution in [-0.2, 0) is 13.2 Å². The van der Waals surface area contributed by atoms with Crippen LogP contribution in [0.2, 0.25) is 0 Å². The largest absolute Gasteiger partial charge is 0.483 e. The third kappa shape index (κ3) is 5.72. The number of ether oxygens (including phenoxy) is 1. The molecule has 4 aromatic rings. The van der Waals surface area contributed by atoms with Crippen LogP contribution in [0.3, 0.4) is 0 Å². The second-order valence-corrected chi connectivity index (χ2v) is 7.86. The molecular weight excluding hydrogens is 400 g/mol. The zero-order valence-corrected chi connectivity index (χ0v) is 18.1. The number of nitrogens with one attached hydrogen (secondary N) is 1. The Morgan fingerprint density at radius 1 is 0.906 bits per heavy atom. The van der Waals surface area contributed by atoms with Gasteiger partial charge in [0.2, 0.25) is 0 Å². The highest BCUT2D eigenvalue weighted by Crippen LogP contribution is 2.28. The van der Waals surface area contributed by atoms with Gasteiger partial charge in [0.25, 0.3) is 5.56 Å². The smallest absolute Gasteiger partial charge is 0.292 e. The lowest BCUT2D eigenvalue weighted by atomic mass is 9.91. The zero-order valence-electron chi connectivity index (χ0n) is 18.1. The fraction of sp³-hybridized carbons (Fsp3) is 0.269. The molecule has 0 aliphatic carbocycles. The van der Waals surface area contributed by atoms with Crippen molar-refractivity contribution in [3.8, 4) is 5.75 Å². The summed E-state index contributed by atoms with van der Waals surface area (Å²) in [6.45, 7) is 1.07. The van der Waals surface area contributed by atoms with Crippen molar-refractivity contribution < 1.29 is 4.74 Å². The molecule has 0 radical (unpaired) electrons. The van der Waals surface area contributed by atoms with Gasteiger partial charge in [-0.2, -0.15) is 0 Å². The first-order valence-electron chi connectivity index (χ1n) is 11.1. The molecule has 0 amide bonds. The Bertz CT molecular complexity index is 1130. The van der Waals surface area contributed by atoms with Crippen LogP contribution in [0.1, 0.15) is 48.4 Å². The monoisotopic (exact) mass is 428 g/mol. The molecule has 0 aliphatic heterocycles. The number of H-pyrrole nitrogens is 1. The van der Waals surface area contributed by atoms with Crippen molar-refractivity contribution in [3.63, 3.8) is 0 Å². The normalized spacial score (nSPS) is 11.9. The van der Waals surface area contributed by atoms with Crippen molar-refractivity contribution in [1.29, 1.82) is 0 Å². The van der Waals surface area contributed by atoms with Crippen LogP contribution < -0.4 is 10.3 Å². The topological polar surface area (TPSA) is 72.8 Å². The van der Waals surface area contributed by atoms with Gasteiger partial charge in [-0.15, -0.1) is 5.10 Å². The number of aromatic nitrogens is 4. The summed E-state index contributed by atoms with van der Waals surface area (Å²) in [6.07, 6.45) is 7.71. The first-order chi connectivity index (χ1) is 15.8. The SMILES string of the molecule is O=c1c(OCc2ccccc2)cccn1CCCCCC(c1ccccc1)c1c[nH]nn1. The van der Waals surface area contributed by atoms with Crippen molar-refractivity contribution >= 4 is 0 Å². The van der Waals surface area contributed by atoms with Gasteiger partial charge in [0.1, 0.15) is 6.61 Å². The first kappa shape index (κ1) is 21.6. The summed E-state index contributed by atoms with van der Waals surface area (Å²) in [5.74, 6) is 0.624. The molecule has 0 saturated carbocycles. The van der Waals surface area contributed by atoms with Crippen molar-refractivity contribution in [2.75, 3.05) is 0 Å². The van der Waals surface area contributed by atoms with Crippen LogP contribution in [0, 0.1) is 0 Å². The number of aryl methyl sites for hydroxylation is 1. The van der Waals surface area contributed by atoms with E-state index in [-0.39, 0.29) is 11.5 Å². The lowest BCUT2D eigenvalue weighted by Crippen LogP contribution is -2.21. The molecule has 6 heteroatoms. The maximum atomic E-state index is 12.7. The molecule has 2 aromatic heterocycles. The summed E-state index contributed by atoms with van der Waals surface area (Å²) in [4.78, 5) is 12.7. The Hall–Kier alpha value is -3.67. The van der Waals surface area contributed by atoms with E-state index in [2.05, 4.69) is 39.7 Å². The van der Waals surface area contributed by atoms with Gasteiger partial charge in [-0.3, -0.25) is 9.89 Å². The Kier molecular flexibility index (Phi) is 7.47. The molecular formula is C26H28N4O2. The molecule has 0 fully saturated rings. The predicted octanol–water partition coefficient (Wildman–Crippen LogP) is 4.94. The number of hydrogen-bond acceptors (Lipinski definition) is 4. The molecule has 164 valence electrons. The molecule has 0 bridgehead atoms. The number of unbranched alkanes of at least 4 members (excludes halogenated alkanes) is 2. The van der Waals surface area contributed by atoms with Crippen molar-refractivity contribution in [3.05, 3.63) is 112 Å². The van der Waals surface area contributed by atoms with Crippen LogP contribution in [0.25, 0.3) is 0 Å². The first-order valence-corrected chi connectivity index (χ1v) is 11.1. The Morgan fingerprint density at radius 2 is 1.69 bits per heavy atom. The second kappa shape index (κ2) is 11.1. The molecule has 0 saturated heterocycles. The molecule has 2 heterocycles. The van der Waals surface area contributed by atoms with Gasteiger partial charge >= 0.3 is 0 Å². The number of hydrogen-bond donors (Lipinski definition) is 1. The van der Waals surface area contributed by atoms with Crippen LogP contribution >= 0.6 is 0 Å². The molecule has 0 aliphatic rings. The molecule has 32 heavy (non-hydrogen) atoms. The average molecular weight is 429 g/mol. The lowest BCUT2D eigenvalue weighted by Gasteiger charge is -2.15. The fourth-order valence-corrected chi connectivity index (χ4v) is 3.89. The predicted molar refractivity (Wildman–Crippen MR) is 125 cm³/mol. The van der Waals surface area contributed by atoms with Gasteiger partial charge in [-0.05, 0) is 36.1 Å². The van der Waals surface area contributed by atoms with Crippen LogP contribution in [0.15, 0.2) is 90.0 Å². The van der Waals surface area contributed by atoms with E-state index in [1.54, 1.807) is 10.6 Å². The molecule has 1 N–H and O–H groups in total. The van der Waals surface area contributed by atoms with Gasteiger partial charge in [0, 0.05) is 24.9 Å². The second-order valence-electron chi connectivity index (χ2n) is 7.86. The minimum Gasteiger partial charge on any atom is -0.483 e. The van der Waals surface area contributed by atoms with Crippen molar-refractivity contribution in [2.24, 2.45) is 0 Å². The molecule has 2 aromatic carbocycles. The number of pyridine rings is 1. The molecule has 1 unspecified atom stereocenters. The molecule has 6 nitrogen and oxygen atoms in total. The van der Waals surface area contributed by atoms with Gasteiger partial charge < -0.3 is 9.30 Å². The van der Waals surface area contributed by atoms with Crippen LogP contribution in [0.5, 0.6) is 5.75 Å². The Balaban J connectivity index is 1.28. The van der Waals surface area contributed by atoms with E-state index < -0.39 is 0 Å². The third-order valence-corrected chi connectivity index (χ3v) is 5.61. The van der Waals surface area contributed by atoms with E-state index in [1.165, 1.54) is 5.56 Å². The van der Waals surface area contributed by atoms with Crippen molar-refractivity contribution in [1.82, 2.24) is 20.0 Å². The number of aromatic amines is 1. The van der Waals surface area contributed by atoms with Gasteiger partial charge in [-0.25, -0.2) is 0 Å². The highest BCUT2D eigenvalue weighted by Gasteiger charge is 2.16.